The van der Waals surface area contributed by atoms with Crippen molar-refractivity contribution in [3.05, 3.63) is 83.4 Å². The molecule has 3 aromatic rings. The number of para-hydroxylation sites is 1. The van der Waals surface area contributed by atoms with Crippen LogP contribution in [0.4, 0.5) is 0 Å². The van der Waals surface area contributed by atoms with Crippen molar-refractivity contribution >= 4 is 21.4 Å². The first kappa shape index (κ1) is 19.0. The highest BCUT2D eigenvalue weighted by Gasteiger charge is 2.23. The van der Waals surface area contributed by atoms with Crippen LogP contribution in [0.5, 0.6) is 17.2 Å². The van der Waals surface area contributed by atoms with Crippen molar-refractivity contribution in [2.45, 2.75) is 11.3 Å². The van der Waals surface area contributed by atoms with Crippen LogP contribution in [-0.2, 0) is 16.4 Å². The molecule has 0 unspecified atom stereocenters. The summed E-state index contributed by atoms with van der Waals surface area (Å²) >= 11 is 0. The van der Waals surface area contributed by atoms with E-state index in [2.05, 4.69) is 0 Å². The summed E-state index contributed by atoms with van der Waals surface area (Å²) in [6, 6.07) is 19.1. The number of fused-ring (bicyclic) bond motifs is 1. The van der Waals surface area contributed by atoms with Gasteiger partial charge in [-0.3, -0.25) is 0 Å². The number of primary sulfonamides is 1. The van der Waals surface area contributed by atoms with Crippen LogP contribution in [0, 0.1) is 0 Å². The summed E-state index contributed by atoms with van der Waals surface area (Å²) in [5.74, 6) is 1.74. The number of benzene rings is 3. The van der Waals surface area contributed by atoms with Crippen molar-refractivity contribution in [3.63, 3.8) is 0 Å². The molecule has 1 heterocycles. The van der Waals surface area contributed by atoms with E-state index in [0.29, 0.717) is 23.5 Å². The highest BCUT2D eigenvalue weighted by atomic mass is 32.2. The van der Waals surface area contributed by atoms with Crippen LogP contribution < -0.4 is 14.6 Å². The van der Waals surface area contributed by atoms with Gasteiger partial charge in [0.05, 0.1) is 12.0 Å². The lowest BCUT2D eigenvalue weighted by Gasteiger charge is -2.24. The number of aromatic hydroxyl groups is 1. The van der Waals surface area contributed by atoms with E-state index in [1.165, 1.54) is 19.2 Å². The second kappa shape index (κ2) is 7.27. The lowest BCUT2D eigenvalue weighted by Crippen LogP contribution is -2.12. The average Bonchev–Trinajstić information content (AvgIpc) is 2.72. The van der Waals surface area contributed by atoms with Gasteiger partial charge in [0.1, 0.15) is 11.5 Å². The minimum absolute atomic E-state index is 0.0280. The van der Waals surface area contributed by atoms with Gasteiger partial charge >= 0.3 is 0 Å². The maximum atomic E-state index is 11.6. The molecular formula is C22H19NO5S. The molecule has 3 N–H and O–H groups in total. The molecular weight excluding hydrogens is 390 g/mol. The zero-order chi connectivity index (χ0) is 20.6. The maximum absolute atomic E-state index is 11.6. The summed E-state index contributed by atoms with van der Waals surface area (Å²) in [6.07, 6.45) is 0.591. The highest BCUT2D eigenvalue weighted by Crippen LogP contribution is 2.41. The van der Waals surface area contributed by atoms with E-state index in [1.807, 2.05) is 30.3 Å². The summed E-state index contributed by atoms with van der Waals surface area (Å²) in [5.41, 5.74) is 3.37. The van der Waals surface area contributed by atoms with Crippen molar-refractivity contribution in [2.24, 2.45) is 5.14 Å². The first-order valence-corrected chi connectivity index (χ1v) is 10.4. The predicted molar refractivity (Wildman–Crippen MR) is 110 cm³/mol. The van der Waals surface area contributed by atoms with Crippen LogP contribution in [0.3, 0.4) is 0 Å². The van der Waals surface area contributed by atoms with Gasteiger partial charge in [0.15, 0.2) is 11.5 Å². The number of phenolic OH excluding ortho intramolecular Hbond substituents is 1. The van der Waals surface area contributed by atoms with Crippen LogP contribution in [0.2, 0.25) is 0 Å². The van der Waals surface area contributed by atoms with Crippen LogP contribution in [0.15, 0.2) is 71.6 Å². The summed E-state index contributed by atoms with van der Waals surface area (Å²) in [5, 5.41) is 15.4. The van der Waals surface area contributed by atoms with E-state index in [-0.39, 0.29) is 10.6 Å². The van der Waals surface area contributed by atoms with Crippen LogP contribution in [0.25, 0.3) is 11.3 Å². The molecule has 6 nitrogen and oxygen atoms in total. The Balaban J connectivity index is 1.86. The summed E-state index contributed by atoms with van der Waals surface area (Å²) in [4.78, 5) is 0.0294. The van der Waals surface area contributed by atoms with E-state index in [9.17, 15) is 13.5 Å². The Bertz CT molecular complexity index is 1210. The lowest BCUT2D eigenvalue weighted by atomic mass is 9.92. The molecule has 1 aliphatic rings. The molecule has 0 aliphatic carbocycles. The molecule has 3 aromatic carbocycles. The van der Waals surface area contributed by atoms with Gasteiger partial charge in [-0.05, 0) is 53.6 Å². The number of allylic oxidation sites excluding steroid dienone is 1. The SMILES string of the molecule is COc1ccc(C2=C(c3ccc(S(N)(=O)=O)cc3)Oc3ccccc3C2)cc1O. The smallest absolute Gasteiger partial charge is 0.238 e. The fourth-order valence-electron chi connectivity index (χ4n) is 3.33. The Labute approximate surface area is 168 Å². The number of methoxy groups -OCH3 is 1. The Hall–Kier alpha value is -3.29. The first-order chi connectivity index (χ1) is 13.9. The molecule has 0 spiro atoms. The number of nitrogens with two attached hydrogens (primary N) is 1. The molecule has 0 atom stereocenters. The van der Waals surface area contributed by atoms with Crippen LogP contribution in [0.1, 0.15) is 16.7 Å². The molecule has 148 valence electrons. The molecule has 0 saturated carbocycles. The third-order valence-electron chi connectivity index (χ3n) is 4.80. The Morgan fingerprint density at radius 1 is 1.00 bits per heavy atom. The van der Waals surface area contributed by atoms with Crippen molar-refractivity contribution in [1.29, 1.82) is 0 Å². The van der Waals surface area contributed by atoms with E-state index in [4.69, 9.17) is 14.6 Å². The van der Waals surface area contributed by atoms with Gasteiger partial charge in [0, 0.05) is 17.6 Å². The van der Waals surface area contributed by atoms with Crippen molar-refractivity contribution < 1.29 is 23.0 Å². The average molecular weight is 409 g/mol. The zero-order valence-corrected chi connectivity index (χ0v) is 16.4. The van der Waals surface area contributed by atoms with Gasteiger partial charge in [-0.25, -0.2) is 13.6 Å². The Morgan fingerprint density at radius 2 is 1.69 bits per heavy atom. The quantitative estimate of drug-likeness (QED) is 0.687. The Morgan fingerprint density at radius 3 is 2.34 bits per heavy atom. The van der Waals surface area contributed by atoms with Gasteiger partial charge in [0.2, 0.25) is 10.0 Å². The van der Waals surface area contributed by atoms with Crippen LogP contribution >= 0.6 is 0 Å². The number of ether oxygens (including phenoxy) is 2. The van der Waals surface area contributed by atoms with E-state index in [1.54, 1.807) is 24.3 Å². The number of hydrogen-bond donors (Lipinski definition) is 2. The molecule has 0 amide bonds. The molecule has 0 aromatic heterocycles. The second-order valence-electron chi connectivity index (χ2n) is 6.65. The second-order valence-corrected chi connectivity index (χ2v) is 8.21. The molecule has 0 saturated heterocycles. The molecule has 29 heavy (non-hydrogen) atoms. The fourth-order valence-corrected chi connectivity index (χ4v) is 3.85. The largest absolute Gasteiger partial charge is 0.504 e. The van der Waals surface area contributed by atoms with Crippen LogP contribution in [-0.4, -0.2) is 20.6 Å². The summed E-state index contributed by atoms with van der Waals surface area (Å²) in [7, 11) is -2.29. The number of sulfonamides is 1. The number of phenols is 1. The van der Waals surface area contributed by atoms with E-state index < -0.39 is 10.0 Å². The fraction of sp³-hybridized carbons (Fsp3) is 0.0909. The molecule has 7 heteroatoms. The lowest BCUT2D eigenvalue weighted by molar-refractivity contribution is 0.373. The normalized spacial score (nSPS) is 13.6. The Kier molecular flexibility index (Phi) is 4.77. The predicted octanol–water partition coefficient (Wildman–Crippen LogP) is 3.55. The number of rotatable bonds is 4. The number of hydrogen-bond acceptors (Lipinski definition) is 5. The van der Waals surface area contributed by atoms with Crippen molar-refractivity contribution in [3.8, 4) is 17.2 Å². The van der Waals surface area contributed by atoms with E-state index in [0.717, 1.165) is 22.4 Å². The third-order valence-corrected chi connectivity index (χ3v) is 5.73. The summed E-state index contributed by atoms with van der Waals surface area (Å²) in [6.45, 7) is 0. The monoisotopic (exact) mass is 409 g/mol. The highest BCUT2D eigenvalue weighted by molar-refractivity contribution is 7.89. The molecule has 1 aliphatic heterocycles. The van der Waals surface area contributed by atoms with Gasteiger partial charge in [-0.2, -0.15) is 0 Å². The third kappa shape index (κ3) is 3.70. The molecule has 4 rings (SSSR count). The first-order valence-electron chi connectivity index (χ1n) is 8.86. The topological polar surface area (TPSA) is 98.9 Å². The minimum Gasteiger partial charge on any atom is -0.504 e. The molecule has 0 fully saturated rings. The van der Waals surface area contributed by atoms with Gasteiger partial charge in [-0.1, -0.05) is 24.3 Å². The van der Waals surface area contributed by atoms with Gasteiger partial charge < -0.3 is 14.6 Å². The van der Waals surface area contributed by atoms with E-state index >= 15 is 0 Å². The standard InChI is InChI=1S/C22H19NO5S/c1-27-21-11-8-15(13-19(21)24)18-12-16-4-2-3-5-20(16)28-22(18)14-6-9-17(10-7-14)29(23,25)26/h2-11,13,24H,12H2,1H3,(H2,23,25,26). The molecule has 0 radical (unpaired) electrons. The summed E-state index contributed by atoms with van der Waals surface area (Å²) < 4.78 is 34.5. The van der Waals surface area contributed by atoms with Crippen molar-refractivity contribution in [2.75, 3.05) is 7.11 Å². The maximum Gasteiger partial charge on any atom is 0.238 e. The minimum atomic E-state index is -3.78. The molecule has 0 bridgehead atoms. The van der Waals surface area contributed by atoms with Gasteiger partial charge in [0.25, 0.3) is 0 Å². The van der Waals surface area contributed by atoms with Crippen molar-refractivity contribution in [1.82, 2.24) is 0 Å². The zero-order valence-electron chi connectivity index (χ0n) is 15.6. The van der Waals surface area contributed by atoms with Gasteiger partial charge in [-0.15, -0.1) is 0 Å².